The number of methoxy groups -OCH3 is 1. The van der Waals surface area contributed by atoms with E-state index >= 15 is 0 Å². The molecular formula is C25H28O4. The van der Waals surface area contributed by atoms with Crippen molar-refractivity contribution < 1.29 is 19.7 Å². The molecule has 2 N–H and O–H groups in total. The van der Waals surface area contributed by atoms with Crippen LogP contribution in [0.3, 0.4) is 0 Å². The molecule has 0 saturated heterocycles. The third-order valence-electron chi connectivity index (χ3n) is 7.34. The lowest BCUT2D eigenvalue weighted by atomic mass is 9.46. The van der Waals surface area contributed by atoms with Gasteiger partial charge in [-0.1, -0.05) is 26.0 Å². The summed E-state index contributed by atoms with van der Waals surface area (Å²) in [5.41, 5.74) is 4.29. The molecule has 1 heterocycles. The van der Waals surface area contributed by atoms with Gasteiger partial charge in [-0.25, -0.2) is 0 Å². The summed E-state index contributed by atoms with van der Waals surface area (Å²) in [6, 6.07) is 7.01. The molecule has 152 valence electrons. The van der Waals surface area contributed by atoms with Gasteiger partial charge < -0.3 is 19.7 Å². The number of hydrogen-bond donors (Lipinski definition) is 2. The molecule has 2 aliphatic carbocycles. The van der Waals surface area contributed by atoms with E-state index in [9.17, 15) is 10.2 Å². The van der Waals surface area contributed by atoms with Crippen LogP contribution in [0.1, 0.15) is 61.8 Å². The fourth-order valence-electron chi connectivity index (χ4n) is 5.98. The molecule has 3 atom stereocenters. The molecule has 29 heavy (non-hydrogen) atoms. The SMILES string of the molecule is COc1cc2c(c3c1CC1C3C(c3ccc(O)cc3O)C1(C)C)C=CC(C)(C)O2. The van der Waals surface area contributed by atoms with Crippen LogP contribution in [-0.2, 0) is 6.42 Å². The molecule has 4 nitrogen and oxygen atoms in total. The Morgan fingerprint density at radius 1 is 1.10 bits per heavy atom. The highest BCUT2D eigenvalue weighted by molar-refractivity contribution is 5.72. The minimum absolute atomic E-state index is 0.0224. The predicted molar refractivity (Wildman–Crippen MR) is 113 cm³/mol. The van der Waals surface area contributed by atoms with Gasteiger partial charge in [-0.05, 0) is 66.4 Å². The fourth-order valence-corrected chi connectivity index (χ4v) is 5.98. The maximum Gasteiger partial charge on any atom is 0.131 e. The van der Waals surface area contributed by atoms with Crippen molar-refractivity contribution in [3.8, 4) is 23.0 Å². The van der Waals surface area contributed by atoms with Crippen molar-refractivity contribution in [2.24, 2.45) is 11.3 Å². The van der Waals surface area contributed by atoms with Crippen LogP contribution in [-0.4, -0.2) is 22.9 Å². The van der Waals surface area contributed by atoms with Crippen molar-refractivity contribution in [1.82, 2.24) is 0 Å². The van der Waals surface area contributed by atoms with Crippen LogP contribution in [0.2, 0.25) is 0 Å². The van der Waals surface area contributed by atoms with Gasteiger partial charge >= 0.3 is 0 Å². The van der Waals surface area contributed by atoms with Crippen LogP contribution in [0.25, 0.3) is 6.08 Å². The quantitative estimate of drug-likeness (QED) is 0.721. The number of fused-ring (bicyclic) bond motifs is 5. The number of rotatable bonds is 2. The Balaban J connectivity index is 1.70. The number of phenols is 2. The molecule has 0 amide bonds. The number of aromatic hydroxyl groups is 2. The van der Waals surface area contributed by atoms with Crippen LogP contribution in [0.4, 0.5) is 0 Å². The molecule has 1 fully saturated rings. The van der Waals surface area contributed by atoms with Crippen LogP contribution < -0.4 is 9.47 Å². The number of benzene rings is 2. The van der Waals surface area contributed by atoms with Crippen LogP contribution in [0.15, 0.2) is 30.3 Å². The third-order valence-corrected chi connectivity index (χ3v) is 7.34. The monoisotopic (exact) mass is 392 g/mol. The minimum atomic E-state index is -0.349. The number of phenolic OH excluding ortho intramolecular Hbond substituents is 2. The second-order valence-electron chi connectivity index (χ2n) is 9.80. The molecule has 2 aromatic rings. The first kappa shape index (κ1) is 18.4. The molecule has 4 heteroatoms. The average molecular weight is 392 g/mol. The largest absolute Gasteiger partial charge is 0.508 e. The molecule has 1 saturated carbocycles. The van der Waals surface area contributed by atoms with Gasteiger partial charge in [-0.15, -0.1) is 0 Å². The van der Waals surface area contributed by atoms with Crippen LogP contribution in [0.5, 0.6) is 23.0 Å². The maximum absolute atomic E-state index is 10.6. The zero-order valence-electron chi connectivity index (χ0n) is 17.6. The summed E-state index contributed by atoms with van der Waals surface area (Å²) in [7, 11) is 1.72. The second kappa shape index (κ2) is 5.71. The van der Waals surface area contributed by atoms with E-state index in [4.69, 9.17) is 9.47 Å². The molecule has 2 aromatic carbocycles. The van der Waals surface area contributed by atoms with Gasteiger partial charge in [0.1, 0.15) is 28.6 Å². The third kappa shape index (κ3) is 2.44. The molecule has 0 radical (unpaired) electrons. The van der Waals surface area contributed by atoms with Gasteiger partial charge in [-0.3, -0.25) is 0 Å². The Hall–Kier alpha value is -2.62. The zero-order chi connectivity index (χ0) is 20.7. The van der Waals surface area contributed by atoms with Gasteiger partial charge in [0.25, 0.3) is 0 Å². The van der Waals surface area contributed by atoms with E-state index in [1.807, 2.05) is 12.1 Å². The lowest BCUT2D eigenvalue weighted by Gasteiger charge is -2.57. The standard InChI is InChI=1S/C25H28O4/c1-24(2)9-8-15-20(29-24)12-19(28-5)16-11-17-22(21(15)16)23(25(17,3)4)14-7-6-13(26)10-18(14)27/h6-10,12,17,22-23,26-27H,11H2,1-5H3. The van der Waals surface area contributed by atoms with Crippen LogP contribution >= 0.6 is 0 Å². The van der Waals surface area contributed by atoms with E-state index in [0.717, 1.165) is 29.0 Å². The molecule has 3 unspecified atom stereocenters. The Morgan fingerprint density at radius 2 is 1.86 bits per heavy atom. The summed E-state index contributed by atoms with van der Waals surface area (Å²) in [6.07, 6.45) is 5.28. The van der Waals surface area contributed by atoms with Crippen molar-refractivity contribution in [1.29, 1.82) is 0 Å². The lowest BCUT2D eigenvalue weighted by molar-refractivity contribution is 0.0111. The van der Waals surface area contributed by atoms with E-state index in [1.54, 1.807) is 13.2 Å². The van der Waals surface area contributed by atoms with Gasteiger partial charge in [-0.2, -0.15) is 0 Å². The lowest BCUT2D eigenvalue weighted by Crippen LogP contribution is -2.48. The first-order chi connectivity index (χ1) is 13.6. The van der Waals surface area contributed by atoms with Crippen LogP contribution in [0, 0.1) is 11.3 Å². The zero-order valence-corrected chi connectivity index (χ0v) is 17.6. The molecule has 5 rings (SSSR count). The summed E-state index contributed by atoms with van der Waals surface area (Å²) < 4.78 is 12.1. The van der Waals surface area contributed by atoms with Gasteiger partial charge in [0, 0.05) is 23.6 Å². The Bertz CT molecular complexity index is 1050. The van der Waals surface area contributed by atoms with Crippen molar-refractivity contribution >= 4 is 6.08 Å². The van der Waals surface area contributed by atoms with Gasteiger partial charge in [0.2, 0.25) is 0 Å². The normalized spacial score (nSPS) is 27.3. The molecule has 0 bridgehead atoms. The van der Waals surface area contributed by atoms with E-state index < -0.39 is 0 Å². The number of hydrogen-bond acceptors (Lipinski definition) is 4. The highest BCUT2D eigenvalue weighted by Crippen LogP contribution is 2.72. The van der Waals surface area contributed by atoms with Crippen molar-refractivity contribution in [3.63, 3.8) is 0 Å². The number of ether oxygens (including phenoxy) is 2. The highest BCUT2D eigenvalue weighted by atomic mass is 16.5. The van der Waals surface area contributed by atoms with E-state index in [1.165, 1.54) is 17.2 Å². The molecule has 0 spiro atoms. The molecule has 1 aliphatic heterocycles. The summed E-state index contributed by atoms with van der Waals surface area (Å²) >= 11 is 0. The summed E-state index contributed by atoms with van der Waals surface area (Å²) in [5, 5.41) is 20.4. The predicted octanol–water partition coefficient (Wildman–Crippen LogP) is 5.37. The summed E-state index contributed by atoms with van der Waals surface area (Å²) in [5.74, 6) is 2.93. The first-order valence-corrected chi connectivity index (χ1v) is 10.3. The van der Waals surface area contributed by atoms with E-state index in [0.29, 0.717) is 5.92 Å². The van der Waals surface area contributed by atoms with Crippen molar-refractivity contribution in [2.45, 2.75) is 51.6 Å². The van der Waals surface area contributed by atoms with Gasteiger partial charge in [0.05, 0.1) is 7.11 Å². The first-order valence-electron chi connectivity index (χ1n) is 10.3. The van der Waals surface area contributed by atoms with Gasteiger partial charge in [0.15, 0.2) is 0 Å². The summed E-state index contributed by atoms with van der Waals surface area (Å²) in [4.78, 5) is 0. The molecular weight excluding hydrogens is 364 g/mol. The minimum Gasteiger partial charge on any atom is -0.508 e. The topological polar surface area (TPSA) is 58.9 Å². The molecule has 3 aliphatic rings. The smallest absolute Gasteiger partial charge is 0.131 e. The van der Waals surface area contributed by atoms with Crippen molar-refractivity contribution in [2.75, 3.05) is 7.11 Å². The van der Waals surface area contributed by atoms with Crippen molar-refractivity contribution in [3.05, 3.63) is 52.6 Å². The summed E-state index contributed by atoms with van der Waals surface area (Å²) in [6.45, 7) is 8.67. The molecule has 0 aromatic heterocycles. The maximum atomic E-state index is 10.6. The fraction of sp³-hybridized carbons (Fsp3) is 0.440. The average Bonchev–Trinajstić information content (AvgIpc) is 3.00. The highest BCUT2D eigenvalue weighted by Gasteiger charge is 2.61. The van der Waals surface area contributed by atoms with E-state index in [2.05, 4.69) is 39.8 Å². The van der Waals surface area contributed by atoms with E-state index in [-0.39, 0.29) is 34.4 Å². The Morgan fingerprint density at radius 3 is 2.55 bits per heavy atom. The Kier molecular flexibility index (Phi) is 3.63. The Labute approximate surface area is 171 Å². The second-order valence-corrected chi connectivity index (χ2v) is 9.80.